The van der Waals surface area contributed by atoms with Crippen LogP contribution in [0.2, 0.25) is 0 Å². The predicted octanol–water partition coefficient (Wildman–Crippen LogP) is 1.43. The first kappa shape index (κ1) is 25.0. The van der Waals surface area contributed by atoms with Crippen LogP contribution in [0, 0.1) is 5.82 Å². The molecule has 6 rings (SSSR count). The molecular formula is C25H27FN8O5. The van der Waals surface area contributed by atoms with Crippen LogP contribution in [0.1, 0.15) is 17.5 Å². The molecule has 13 nitrogen and oxygen atoms in total. The third-order valence-corrected chi connectivity index (χ3v) is 7.09. The van der Waals surface area contributed by atoms with Crippen molar-refractivity contribution in [2.24, 2.45) is 0 Å². The number of cyclic esters (lactones) is 1. The van der Waals surface area contributed by atoms with E-state index in [-0.39, 0.29) is 48.0 Å². The minimum absolute atomic E-state index is 0.124. The molecule has 2 aromatic heterocycles. The van der Waals surface area contributed by atoms with Crippen molar-refractivity contribution in [3.63, 3.8) is 0 Å². The minimum atomic E-state index is -0.522. The number of hydrogen-bond acceptors (Lipinski definition) is 10. The maximum absolute atomic E-state index is 14.9. The number of aromatic nitrogens is 5. The number of likely N-dealkylation sites (N-methyl/N-ethyl adjacent to an activating group) is 1. The van der Waals surface area contributed by atoms with Gasteiger partial charge in [-0.05, 0) is 43.5 Å². The van der Waals surface area contributed by atoms with E-state index in [2.05, 4.69) is 30.4 Å². The average Bonchev–Trinajstić information content (AvgIpc) is 3.67. The number of hydrogen-bond donors (Lipinski definition) is 1. The molecule has 4 heterocycles. The summed E-state index contributed by atoms with van der Waals surface area (Å²) >= 11 is 0. The molecule has 0 radical (unpaired) electrons. The molecule has 14 heteroatoms. The van der Waals surface area contributed by atoms with Crippen molar-refractivity contribution in [2.45, 2.75) is 38.0 Å². The second kappa shape index (κ2) is 10.4. The van der Waals surface area contributed by atoms with E-state index in [0.717, 1.165) is 5.56 Å². The first-order valence-corrected chi connectivity index (χ1v) is 12.7. The molecule has 1 N–H and O–H groups in total. The highest BCUT2D eigenvalue weighted by Crippen LogP contribution is 2.32. The Morgan fingerprint density at radius 1 is 1.23 bits per heavy atom. The fraction of sp³-hybridized carbons (Fsp3) is 0.440. The van der Waals surface area contributed by atoms with Crippen LogP contribution in [-0.4, -0.2) is 87.4 Å². The van der Waals surface area contributed by atoms with E-state index >= 15 is 0 Å². The third kappa shape index (κ3) is 5.32. The van der Waals surface area contributed by atoms with E-state index < -0.39 is 6.09 Å². The number of fused-ring (bicyclic) bond motifs is 2. The average molecular weight is 539 g/mol. The molecule has 0 spiro atoms. The number of carbonyl (C=O) groups excluding carboxylic acids is 2. The number of anilines is 2. The second-order valence-corrected chi connectivity index (χ2v) is 9.68. The summed E-state index contributed by atoms with van der Waals surface area (Å²) < 4.78 is 31.4. The zero-order chi connectivity index (χ0) is 26.9. The predicted molar refractivity (Wildman–Crippen MR) is 134 cm³/mol. The van der Waals surface area contributed by atoms with Gasteiger partial charge in [-0.3, -0.25) is 9.69 Å². The van der Waals surface area contributed by atoms with Crippen LogP contribution in [0.15, 0.2) is 30.7 Å². The Kier molecular flexibility index (Phi) is 6.69. The third-order valence-electron chi connectivity index (χ3n) is 7.09. The molecule has 0 saturated carbocycles. The summed E-state index contributed by atoms with van der Waals surface area (Å²) in [6.45, 7) is 1.66. The number of rotatable bonds is 9. The van der Waals surface area contributed by atoms with Gasteiger partial charge in [0.05, 0.1) is 31.7 Å². The van der Waals surface area contributed by atoms with Crippen LogP contribution < -0.4 is 19.7 Å². The Morgan fingerprint density at radius 3 is 2.92 bits per heavy atom. The number of carbonyl (C=O) groups is 2. The second-order valence-electron chi connectivity index (χ2n) is 9.68. The van der Waals surface area contributed by atoms with Crippen molar-refractivity contribution < 1.29 is 28.2 Å². The first-order chi connectivity index (χ1) is 18.9. The van der Waals surface area contributed by atoms with E-state index in [1.165, 1.54) is 22.0 Å². The lowest BCUT2D eigenvalue weighted by molar-refractivity contribution is -0.118. The summed E-state index contributed by atoms with van der Waals surface area (Å²) in [6.07, 6.45) is 5.66. The van der Waals surface area contributed by atoms with Crippen LogP contribution in [0.25, 0.3) is 0 Å². The molecule has 1 saturated heterocycles. The summed E-state index contributed by atoms with van der Waals surface area (Å²) in [5.41, 5.74) is 1.66. The molecule has 1 fully saturated rings. The number of nitrogens with zero attached hydrogens (tertiary/aromatic N) is 7. The van der Waals surface area contributed by atoms with Crippen LogP contribution in [0.4, 0.5) is 20.8 Å². The molecule has 204 valence electrons. The van der Waals surface area contributed by atoms with Crippen molar-refractivity contribution in [2.75, 3.05) is 43.6 Å². The number of amides is 2. The summed E-state index contributed by atoms with van der Waals surface area (Å²) in [5.74, 6) is 0.569. The summed E-state index contributed by atoms with van der Waals surface area (Å²) in [7, 11) is 2.00. The standard InChI is InChI=1S/C25H27FN8O5/c1-32(16-8-15-9-18(11-20(26)19(15)10-16)37-7-6-34-28-3-4-29-34)5-2-17-13-33(25(36)39-17)21-12-27-24-23(30-21)31-22(35)14-38-24/h3-4,9,11-12,16-17H,2,5-8,10,13-14H2,1H3,(H,30,31,35). The van der Waals surface area contributed by atoms with E-state index in [4.69, 9.17) is 14.2 Å². The van der Waals surface area contributed by atoms with E-state index in [0.29, 0.717) is 56.8 Å². The van der Waals surface area contributed by atoms with Gasteiger partial charge in [0.15, 0.2) is 18.2 Å². The molecule has 2 unspecified atom stereocenters. The summed E-state index contributed by atoms with van der Waals surface area (Å²) in [6, 6.07) is 3.47. The van der Waals surface area contributed by atoms with Gasteiger partial charge in [0.25, 0.3) is 11.8 Å². The van der Waals surface area contributed by atoms with Gasteiger partial charge in [0.1, 0.15) is 24.3 Å². The molecule has 1 aliphatic carbocycles. The summed E-state index contributed by atoms with van der Waals surface area (Å²) in [4.78, 5) is 37.6. The van der Waals surface area contributed by atoms with Gasteiger partial charge in [-0.1, -0.05) is 0 Å². The van der Waals surface area contributed by atoms with Crippen molar-refractivity contribution in [1.82, 2.24) is 29.9 Å². The highest BCUT2D eigenvalue weighted by atomic mass is 19.1. The Hall–Kier alpha value is -4.33. The van der Waals surface area contributed by atoms with Crippen LogP contribution in [-0.2, 0) is 28.9 Å². The lowest BCUT2D eigenvalue weighted by Gasteiger charge is -2.25. The topological polar surface area (TPSA) is 137 Å². The van der Waals surface area contributed by atoms with Crippen molar-refractivity contribution >= 4 is 23.6 Å². The number of benzene rings is 1. The minimum Gasteiger partial charge on any atom is -0.491 e. The van der Waals surface area contributed by atoms with E-state index in [9.17, 15) is 14.0 Å². The van der Waals surface area contributed by atoms with Gasteiger partial charge >= 0.3 is 6.09 Å². The van der Waals surface area contributed by atoms with E-state index in [1.807, 2.05) is 13.1 Å². The van der Waals surface area contributed by atoms with Gasteiger partial charge in [-0.2, -0.15) is 15.0 Å². The quantitative estimate of drug-likeness (QED) is 0.426. The van der Waals surface area contributed by atoms with Gasteiger partial charge in [0.2, 0.25) is 0 Å². The maximum Gasteiger partial charge on any atom is 0.415 e. The fourth-order valence-electron chi connectivity index (χ4n) is 5.01. The number of ether oxygens (including phenoxy) is 3. The lowest BCUT2D eigenvalue weighted by atomic mass is 10.1. The normalized spacial score (nSPS) is 19.9. The Morgan fingerprint density at radius 2 is 2.08 bits per heavy atom. The maximum atomic E-state index is 14.9. The largest absolute Gasteiger partial charge is 0.491 e. The molecule has 3 aromatic rings. The van der Waals surface area contributed by atoms with Crippen molar-refractivity contribution in [3.8, 4) is 11.6 Å². The van der Waals surface area contributed by atoms with Crippen molar-refractivity contribution in [1.29, 1.82) is 0 Å². The van der Waals surface area contributed by atoms with Gasteiger partial charge in [-0.25, -0.2) is 19.2 Å². The van der Waals surface area contributed by atoms with Crippen LogP contribution in [0.3, 0.4) is 0 Å². The van der Waals surface area contributed by atoms with Gasteiger partial charge < -0.3 is 24.4 Å². The zero-order valence-corrected chi connectivity index (χ0v) is 21.2. The summed E-state index contributed by atoms with van der Waals surface area (Å²) in [5, 5.41) is 10.7. The zero-order valence-electron chi connectivity index (χ0n) is 21.2. The first-order valence-electron chi connectivity index (χ1n) is 12.7. The molecule has 39 heavy (non-hydrogen) atoms. The van der Waals surface area contributed by atoms with Crippen LogP contribution >= 0.6 is 0 Å². The Labute approximate surface area is 222 Å². The smallest absolute Gasteiger partial charge is 0.415 e. The monoisotopic (exact) mass is 538 g/mol. The fourth-order valence-corrected chi connectivity index (χ4v) is 5.01. The van der Waals surface area contributed by atoms with E-state index in [1.54, 1.807) is 12.4 Å². The van der Waals surface area contributed by atoms with Crippen LogP contribution in [0.5, 0.6) is 11.6 Å². The molecule has 0 bridgehead atoms. The number of nitrogens with one attached hydrogen (secondary N) is 1. The SMILES string of the molecule is CN(CCC1CN(c2cnc3c(n2)NC(=O)CO3)C(=O)O1)C1Cc2cc(OCCn3nccn3)cc(F)c2C1. The van der Waals surface area contributed by atoms with Crippen molar-refractivity contribution in [3.05, 3.63) is 47.7 Å². The Bertz CT molecular complexity index is 1390. The molecule has 2 aliphatic heterocycles. The molecule has 2 atom stereocenters. The van der Waals surface area contributed by atoms with Gasteiger partial charge in [-0.15, -0.1) is 0 Å². The molecule has 3 aliphatic rings. The molecule has 2 amide bonds. The highest BCUT2D eigenvalue weighted by molar-refractivity contribution is 5.94. The van der Waals surface area contributed by atoms with Gasteiger partial charge in [0, 0.05) is 18.7 Å². The highest BCUT2D eigenvalue weighted by Gasteiger charge is 2.35. The molecule has 1 aromatic carbocycles. The number of halogens is 1. The lowest BCUT2D eigenvalue weighted by Crippen LogP contribution is -2.35. The molecular weight excluding hydrogens is 511 g/mol. The Balaban J connectivity index is 1.01.